The SMILES string of the molecule is CC=CCCC1COC(c2ccc(-c3ccc(-c4ccc(CCCCC)c(F)c4F)cc3)c(F)c2F)OC1. The molecule has 1 aliphatic heterocycles. The van der Waals surface area contributed by atoms with E-state index in [-0.39, 0.29) is 22.6 Å². The Hall–Kier alpha value is -2.96. The first kappa shape index (κ1) is 28.1. The number of allylic oxidation sites excluding steroid dienone is 2. The average molecular weight is 527 g/mol. The smallest absolute Gasteiger partial charge is 0.186 e. The van der Waals surface area contributed by atoms with Gasteiger partial charge in [0, 0.05) is 22.6 Å². The number of hydrogen-bond donors (Lipinski definition) is 0. The Labute approximate surface area is 222 Å². The predicted molar refractivity (Wildman–Crippen MR) is 143 cm³/mol. The summed E-state index contributed by atoms with van der Waals surface area (Å²) in [4.78, 5) is 0. The largest absolute Gasteiger partial charge is 0.348 e. The van der Waals surface area contributed by atoms with E-state index in [1.54, 1.807) is 36.4 Å². The molecule has 1 heterocycles. The van der Waals surface area contributed by atoms with Crippen LogP contribution in [0.25, 0.3) is 22.3 Å². The summed E-state index contributed by atoms with van der Waals surface area (Å²) in [6, 6.07) is 12.4. The van der Waals surface area contributed by atoms with E-state index in [9.17, 15) is 8.78 Å². The molecular formula is C32H34F4O2. The molecule has 3 aromatic rings. The van der Waals surface area contributed by atoms with Gasteiger partial charge in [-0.15, -0.1) is 0 Å². The Balaban J connectivity index is 1.48. The third kappa shape index (κ3) is 6.36. The van der Waals surface area contributed by atoms with Crippen LogP contribution in [0.15, 0.2) is 60.7 Å². The van der Waals surface area contributed by atoms with Crippen molar-refractivity contribution in [1.29, 1.82) is 0 Å². The number of aryl methyl sites for hydroxylation is 1. The monoisotopic (exact) mass is 526 g/mol. The van der Waals surface area contributed by atoms with Crippen LogP contribution in [-0.2, 0) is 15.9 Å². The second-order valence-electron chi connectivity index (χ2n) is 9.78. The van der Waals surface area contributed by atoms with Crippen molar-refractivity contribution in [1.82, 2.24) is 0 Å². The molecule has 1 aliphatic rings. The Morgan fingerprint density at radius 3 is 1.97 bits per heavy atom. The van der Waals surface area contributed by atoms with E-state index < -0.39 is 29.6 Å². The van der Waals surface area contributed by atoms with Gasteiger partial charge in [-0.05, 0) is 49.3 Å². The fourth-order valence-electron chi connectivity index (χ4n) is 4.76. The molecular weight excluding hydrogens is 492 g/mol. The van der Waals surface area contributed by atoms with Gasteiger partial charge >= 0.3 is 0 Å². The normalized spacial score (nSPS) is 17.8. The van der Waals surface area contributed by atoms with E-state index in [2.05, 4.69) is 13.0 Å². The fourth-order valence-corrected chi connectivity index (χ4v) is 4.76. The predicted octanol–water partition coefficient (Wildman–Crippen LogP) is 9.33. The van der Waals surface area contributed by atoms with Crippen LogP contribution in [0.4, 0.5) is 17.6 Å². The lowest BCUT2D eigenvalue weighted by molar-refractivity contribution is -0.207. The van der Waals surface area contributed by atoms with Gasteiger partial charge in [0.1, 0.15) is 0 Å². The molecule has 38 heavy (non-hydrogen) atoms. The van der Waals surface area contributed by atoms with Crippen molar-refractivity contribution < 1.29 is 27.0 Å². The molecule has 4 rings (SSSR count). The van der Waals surface area contributed by atoms with Crippen LogP contribution in [-0.4, -0.2) is 13.2 Å². The summed E-state index contributed by atoms with van der Waals surface area (Å²) >= 11 is 0. The van der Waals surface area contributed by atoms with Crippen molar-refractivity contribution in [3.63, 3.8) is 0 Å². The highest BCUT2D eigenvalue weighted by Gasteiger charge is 2.28. The molecule has 2 nitrogen and oxygen atoms in total. The van der Waals surface area contributed by atoms with Gasteiger partial charge in [0.2, 0.25) is 0 Å². The van der Waals surface area contributed by atoms with Crippen molar-refractivity contribution in [2.24, 2.45) is 5.92 Å². The third-order valence-corrected chi connectivity index (χ3v) is 7.03. The molecule has 0 atom stereocenters. The summed E-state index contributed by atoms with van der Waals surface area (Å²) in [5.41, 5.74) is 1.45. The number of unbranched alkanes of at least 4 members (excludes halogenated alkanes) is 2. The van der Waals surface area contributed by atoms with Gasteiger partial charge in [-0.1, -0.05) is 80.4 Å². The minimum atomic E-state index is -1.02. The van der Waals surface area contributed by atoms with E-state index >= 15 is 8.78 Å². The molecule has 1 saturated heterocycles. The van der Waals surface area contributed by atoms with Gasteiger partial charge in [0.15, 0.2) is 29.6 Å². The number of halogens is 4. The Kier molecular flexibility index (Phi) is 9.75. The van der Waals surface area contributed by atoms with Crippen LogP contribution in [0.2, 0.25) is 0 Å². The topological polar surface area (TPSA) is 18.5 Å². The van der Waals surface area contributed by atoms with E-state index in [0.29, 0.717) is 36.3 Å². The lowest BCUT2D eigenvalue weighted by Crippen LogP contribution is -2.27. The molecule has 0 bridgehead atoms. The van der Waals surface area contributed by atoms with E-state index in [1.807, 2.05) is 13.0 Å². The lowest BCUT2D eigenvalue weighted by Gasteiger charge is -2.29. The summed E-state index contributed by atoms with van der Waals surface area (Å²) in [5.74, 6) is -3.54. The molecule has 0 unspecified atom stereocenters. The molecule has 0 radical (unpaired) electrons. The van der Waals surface area contributed by atoms with Gasteiger partial charge < -0.3 is 9.47 Å². The maximum absolute atomic E-state index is 15.1. The number of hydrogen-bond acceptors (Lipinski definition) is 2. The highest BCUT2D eigenvalue weighted by Crippen LogP contribution is 2.35. The van der Waals surface area contributed by atoms with Gasteiger partial charge in [-0.2, -0.15) is 0 Å². The standard InChI is InChI=1S/C32H34F4O2/c1-3-5-7-9-21-19-37-32(38-20-21)27-18-17-26(30(35)31(27)36)23-13-11-22(12-14-23)25-16-15-24(10-8-6-4-2)28(33)29(25)34/h3,5,11-18,21,32H,4,6-10,19-20H2,1-2H3. The van der Waals surface area contributed by atoms with Gasteiger partial charge in [0.05, 0.1) is 13.2 Å². The minimum Gasteiger partial charge on any atom is -0.348 e. The first-order valence-electron chi connectivity index (χ1n) is 13.3. The molecule has 0 aromatic heterocycles. The number of rotatable bonds is 10. The molecule has 0 spiro atoms. The van der Waals surface area contributed by atoms with Crippen molar-refractivity contribution in [2.75, 3.05) is 13.2 Å². The molecule has 1 fully saturated rings. The second kappa shape index (κ2) is 13.2. The second-order valence-corrected chi connectivity index (χ2v) is 9.78. The number of ether oxygens (including phenoxy) is 2. The van der Waals surface area contributed by atoms with Crippen LogP contribution < -0.4 is 0 Å². The molecule has 6 heteroatoms. The van der Waals surface area contributed by atoms with Crippen LogP contribution in [0.3, 0.4) is 0 Å². The summed E-state index contributed by atoms with van der Waals surface area (Å²) in [6.07, 6.45) is 8.19. The van der Waals surface area contributed by atoms with E-state index in [1.165, 1.54) is 12.1 Å². The van der Waals surface area contributed by atoms with E-state index in [0.717, 1.165) is 32.1 Å². The minimum absolute atomic E-state index is 0.0198. The summed E-state index contributed by atoms with van der Waals surface area (Å²) < 4.78 is 70.9. The highest BCUT2D eigenvalue weighted by atomic mass is 19.2. The molecule has 0 aliphatic carbocycles. The first-order valence-corrected chi connectivity index (χ1v) is 13.3. The van der Waals surface area contributed by atoms with Crippen molar-refractivity contribution in [2.45, 2.75) is 58.7 Å². The maximum atomic E-state index is 15.1. The number of benzene rings is 3. The van der Waals surface area contributed by atoms with Crippen molar-refractivity contribution in [3.05, 3.63) is 95.1 Å². The molecule has 0 N–H and O–H groups in total. The average Bonchev–Trinajstić information content (AvgIpc) is 2.94. The quantitative estimate of drug-likeness (QED) is 0.149. The van der Waals surface area contributed by atoms with Gasteiger partial charge in [-0.25, -0.2) is 17.6 Å². The maximum Gasteiger partial charge on any atom is 0.186 e. The molecule has 0 amide bonds. The highest BCUT2D eigenvalue weighted by molar-refractivity contribution is 5.71. The molecule has 0 saturated carbocycles. The third-order valence-electron chi connectivity index (χ3n) is 7.03. The van der Waals surface area contributed by atoms with Crippen molar-refractivity contribution in [3.8, 4) is 22.3 Å². The Morgan fingerprint density at radius 2 is 1.37 bits per heavy atom. The zero-order valence-corrected chi connectivity index (χ0v) is 21.9. The van der Waals surface area contributed by atoms with Crippen LogP contribution in [0, 0.1) is 29.2 Å². The zero-order valence-electron chi connectivity index (χ0n) is 21.9. The summed E-state index contributed by atoms with van der Waals surface area (Å²) in [7, 11) is 0. The van der Waals surface area contributed by atoms with Gasteiger partial charge in [-0.3, -0.25) is 0 Å². The Bertz CT molecular complexity index is 1250. The summed E-state index contributed by atoms with van der Waals surface area (Å²) in [6.45, 7) is 4.86. The van der Waals surface area contributed by atoms with Crippen LogP contribution in [0.1, 0.15) is 63.4 Å². The summed E-state index contributed by atoms with van der Waals surface area (Å²) in [5, 5.41) is 0. The van der Waals surface area contributed by atoms with Crippen LogP contribution in [0.5, 0.6) is 0 Å². The van der Waals surface area contributed by atoms with Crippen molar-refractivity contribution >= 4 is 0 Å². The Morgan fingerprint density at radius 1 is 0.763 bits per heavy atom. The fraction of sp³-hybridized carbons (Fsp3) is 0.375. The molecule has 202 valence electrons. The van der Waals surface area contributed by atoms with Gasteiger partial charge in [0.25, 0.3) is 0 Å². The van der Waals surface area contributed by atoms with E-state index in [4.69, 9.17) is 9.47 Å². The first-order chi connectivity index (χ1) is 18.4. The lowest BCUT2D eigenvalue weighted by atomic mass is 9.96. The van der Waals surface area contributed by atoms with Crippen LogP contribution >= 0.6 is 0 Å². The molecule has 3 aromatic carbocycles. The zero-order chi connectivity index (χ0) is 27.1.